The van der Waals surface area contributed by atoms with E-state index in [-0.39, 0.29) is 5.60 Å². The zero-order valence-corrected chi connectivity index (χ0v) is 14.5. The second kappa shape index (κ2) is 5.98. The van der Waals surface area contributed by atoms with Gasteiger partial charge in [0.1, 0.15) is 4.88 Å². The number of carboxylic acid groups (broad SMARTS) is 1. The number of carboxylic acids is 1. The molecule has 2 aliphatic rings. The number of aryl methyl sites for hydroxylation is 1. The molecule has 0 saturated carbocycles. The van der Waals surface area contributed by atoms with E-state index in [9.17, 15) is 9.90 Å². The van der Waals surface area contributed by atoms with Crippen LogP contribution in [0.3, 0.4) is 0 Å². The van der Waals surface area contributed by atoms with Gasteiger partial charge in [0.25, 0.3) is 0 Å². The van der Waals surface area contributed by atoms with Crippen LogP contribution < -0.4 is 0 Å². The lowest BCUT2D eigenvalue weighted by molar-refractivity contribution is -0.0982. The average molecular weight is 347 g/mol. The fraction of sp³-hybridized carbons (Fsp3) is 0.529. The molecule has 4 rings (SSSR count). The zero-order chi connectivity index (χ0) is 16.7. The molecular weight excluding hydrogens is 326 g/mol. The third-order valence-electron chi connectivity index (χ3n) is 5.19. The summed E-state index contributed by atoms with van der Waals surface area (Å²) in [7, 11) is 1.97. The van der Waals surface area contributed by atoms with Crippen molar-refractivity contribution in [3.63, 3.8) is 0 Å². The zero-order valence-electron chi connectivity index (χ0n) is 13.7. The number of rotatable bonds is 3. The number of hydrogen-bond donors (Lipinski definition) is 1. The second-order valence-electron chi connectivity index (χ2n) is 6.57. The Morgan fingerprint density at radius 1 is 1.46 bits per heavy atom. The molecular formula is C17H21N3O3S. The lowest BCUT2D eigenvalue weighted by Crippen LogP contribution is -2.46. The Hall–Kier alpha value is -1.70. The molecule has 0 radical (unpaired) electrons. The molecule has 128 valence electrons. The van der Waals surface area contributed by atoms with Gasteiger partial charge in [-0.05, 0) is 30.5 Å². The van der Waals surface area contributed by atoms with Crippen LogP contribution >= 0.6 is 11.3 Å². The molecule has 24 heavy (non-hydrogen) atoms. The van der Waals surface area contributed by atoms with Crippen molar-refractivity contribution in [1.29, 1.82) is 0 Å². The molecule has 0 atom stereocenters. The van der Waals surface area contributed by atoms with Gasteiger partial charge < -0.3 is 9.84 Å². The Bertz CT molecular complexity index is 759. The van der Waals surface area contributed by atoms with Crippen LogP contribution in [-0.2, 0) is 30.4 Å². The Morgan fingerprint density at radius 2 is 2.25 bits per heavy atom. The summed E-state index contributed by atoms with van der Waals surface area (Å²) in [6.45, 7) is 3.48. The van der Waals surface area contributed by atoms with Crippen molar-refractivity contribution >= 4 is 17.3 Å². The topological polar surface area (TPSA) is 67.6 Å². The smallest absolute Gasteiger partial charge is 0.345 e. The molecule has 1 fully saturated rings. The second-order valence-corrected chi connectivity index (χ2v) is 7.70. The molecule has 0 unspecified atom stereocenters. The maximum atomic E-state index is 11.3. The fourth-order valence-corrected chi connectivity index (χ4v) is 4.86. The number of fused-ring (bicyclic) bond motifs is 2. The lowest BCUT2D eigenvalue weighted by Gasteiger charge is -2.44. The van der Waals surface area contributed by atoms with Crippen molar-refractivity contribution in [2.24, 2.45) is 7.05 Å². The highest BCUT2D eigenvalue weighted by molar-refractivity contribution is 7.14. The Morgan fingerprint density at radius 3 is 2.92 bits per heavy atom. The molecule has 2 aliphatic heterocycles. The fourth-order valence-electron chi connectivity index (χ4n) is 3.79. The first-order chi connectivity index (χ1) is 11.6. The molecule has 1 N–H and O–H groups in total. The van der Waals surface area contributed by atoms with Crippen molar-refractivity contribution in [3.8, 4) is 0 Å². The molecule has 1 spiro atoms. The summed E-state index contributed by atoms with van der Waals surface area (Å²) in [6, 6.07) is 3.90. The minimum atomic E-state index is -0.835. The van der Waals surface area contributed by atoms with Gasteiger partial charge in [-0.3, -0.25) is 9.58 Å². The summed E-state index contributed by atoms with van der Waals surface area (Å²) in [5, 5.41) is 13.5. The van der Waals surface area contributed by atoms with Crippen LogP contribution in [0.2, 0.25) is 0 Å². The van der Waals surface area contributed by atoms with Gasteiger partial charge in [0, 0.05) is 44.2 Å². The van der Waals surface area contributed by atoms with Crippen molar-refractivity contribution in [3.05, 3.63) is 39.3 Å². The summed E-state index contributed by atoms with van der Waals surface area (Å²) in [5.74, 6) is -0.835. The molecule has 7 heteroatoms. The first-order valence-corrected chi connectivity index (χ1v) is 9.09. The number of carbonyl (C=O) groups is 1. The minimum Gasteiger partial charge on any atom is -0.477 e. The van der Waals surface area contributed by atoms with Gasteiger partial charge in [-0.2, -0.15) is 5.10 Å². The van der Waals surface area contributed by atoms with Gasteiger partial charge in [0.05, 0.1) is 17.9 Å². The molecule has 0 aromatic carbocycles. The van der Waals surface area contributed by atoms with E-state index in [1.807, 2.05) is 24.0 Å². The van der Waals surface area contributed by atoms with Crippen LogP contribution in [0.1, 0.15) is 38.6 Å². The normalized spacial score (nSPS) is 20.2. The van der Waals surface area contributed by atoms with Crippen LogP contribution in [0.15, 0.2) is 18.3 Å². The maximum Gasteiger partial charge on any atom is 0.345 e. The standard InChI is InChI=1S/C17H21N3O3S/c1-19-12(2-6-18-19)11-20-7-4-17(5-8-20)13-10-15(16(21)22)24-14(13)3-9-23-17/h2,6,10H,3-5,7-9,11H2,1H3,(H,21,22). The molecule has 4 heterocycles. The number of piperidine rings is 1. The number of aromatic carboxylic acids is 1. The predicted octanol–water partition coefficient (Wildman–Crippen LogP) is 2.24. The van der Waals surface area contributed by atoms with Crippen molar-refractivity contribution < 1.29 is 14.6 Å². The Labute approximate surface area is 144 Å². The van der Waals surface area contributed by atoms with E-state index in [4.69, 9.17) is 4.74 Å². The molecule has 1 saturated heterocycles. The quantitative estimate of drug-likeness (QED) is 0.922. The summed E-state index contributed by atoms with van der Waals surface area (Å²) >= 11 is 1.41. The van der Waals surface area contributed by atoms with Crippen LogP contribution in [0, 0.1) is 0 Å². The number of nitrogens with zero attached hydrogens (tertiary/aromatic N) is 3. The van der Waals surface area contributed by atoms with Gasteiger partial charge >= 0.3 is 5.97 Å². The Balaban J connectivity index is 1.51. The van der Waals surface area contributed by atoms with E-state index < -0.39 is 5.97 Å². The van der Waals surface area contributed by atoms with Gasteiger partial charge in [-0.15, -0.1) is 11.3 Å². The highest BCUT2D eigenvalue weighted by atomic mass is 32.1. The summed E-state index contributed by atoms with van der Waals surface area (Å²) in [4.78, 5) is 15.4. The summed E-state index contributed by atoms with van der Waals surface area (Å²) in [6.07, 6.45) is 4.48. The number of aromatic nitrogens is 2. The lowest BCUT2D eigenvalue weighted by atomic mass is 9.82. The SMILES string of the molecule is Cn1nccc1CN1CCC2(CC1)OCCc1sc(C(=O)O)cc12. The van der Waals surface area contributed by atoms with Crippen LogP contribution in [-0.4, -0.2) is 45.5 Å². The maximum absolute atomic E-state index is 11.3. The first kappa shape index (κ1) is 15.8. The molecule has 2 aromatic heterocycles. The summed E-state index contributed by atoms with van der Waals surface area (Å²) < 4.78 is 8.12. The van der Waals surface area contributed by atoms with Crippen molar-refractivity contribution in [1.82, 2.24) is 14.7 Å². The van der Waals surface area contributed by atoms with Gasteiger partial charge in [-0.25, -0.2) is 4.79 Å². The van der Waals surface area contributed by atoms with E-state index in [0.29, 0.717) is 11.5 Å². The predicted molar refractivity (Wildman–Crippen MR) is 90.3 cm³/mol. The van der Waals surface area contributed by atoms with Crippen molar-refractivity contribution in [2.75, 3.05) is 19.7 Å². The monoisotopic (exact) mass is 347 g/mol. The van der Waals surface area contributed by atoms with E-state index >= 15 is 0 Å². The van der Waals surface area contributed by atoms with Crippen LogP contribution in [0.25, 0.3) is 0 Å². The van der Waals surface area contributed by atoms with Crippen molar-refractivity contribution in [2.45, 2.75) is 31.4 Å². The minimum absolute atomic E-state index is 0.291. The summed E-state index contributed by atoms with van der Waals surface area (Å²) in [5.41, 5.74) is 2.04. The van der Waals surface area contributed by atoms with Crippen LogP contribution in [0.5, 0.6) is 0 Å². The number of thiophene rings is 1. The van der Waals surface area contributed by atoms with Gasteiger partial charge in [0.2, 0.25) is 0 Å². The van der Waals surface area contributed by atoms with E-state index in [2.05, 4.69) is 16.1 Å². The number of likely N-dealkylation sites (tertiary alicyclic amines) is 1. The Kier molecular flexibility index (Phi) is 3.94. The number of ether oxygens (including phenoxy) is 1. The average Bonchev–Trinajstić information content (AvgIpc) is 3.18. The molecule has 0 bridgehead atoms. The third kappa shape index (κ3) is 2.66. The number of hydrogen-bond acceptors (Lipinski definition) is 5. The third-order valence-corrected chi connectivity index (χ3v) is 6.37. The van der Waals surface area contributed by atoms with E-state index in [1.54, 1.807) is 0 Å². The molecule has 0 aliphatic carbocycles. The molecule has 2 aromatic rings. The van der Waals surface area contributed by atoms with Crippen LogP contribution in [0.4, 0.5) is 0 Å². The van der Waals surface area contributed by atoms with E-state index in [1.165, 1.54) is 21.9 Å². The highest BCUT2D eigenvalue weighted by Gasteiger charge is 2.42. The van der Waals surface area contributed by atoms with Gasteiger partial charge in [-0.1, -0.05) is 0 Å². The first-order valence-electron chi connectivity index (χ1n) is 8.27. The van der Waals surface area contributed by atoms with Gasteiger partial charge in [0.15, 0.2) is 0 Å². The highest BCUT2D eigenvalue weighted by Crippen LogP contribution is 2.44. The van der Waals surface area contributed by atoms with E-state index in [0.717, 1.165) is 44.5 Å². The molecule has 6 nitrogen and oxygen atoms in total. The largest absolute Gasteiger partial charge is 0.477 e. The molecule has 0 amide bonds.